The first-order chi connectivity index (χ1) is 11.1. The number of amides is 1. The standard InChI is InChI=1S/C17H18N2O3S/c1-2-11-22-15-10-6-3-7-12(15)16(21)19-17(23)18-13-8-4-5-9-14(13)20/h3-10,20H,2,11H2,1H3,(H2,18,19,21,23). The molecular formula is C17H18N2O3S. The van der Waals surface area contributed by atoms with Crippen molar-refractivity contribution in [3.63, 3.8) is 0 Å². The number of phenolic OH excluding ortho intramolecular Hbond substituents is 1. The molecule has 5 nitrogen and oxygen atoms in total. The van der Waals surface area contributed by atoms with Crippen LogP contribution in [-0.4, -0.2) is 22.7 Å². The first-order valence-electron chi connectivity index (χ1n) is 7.24. The summed E-state index contributed by atoms with van der Waals surface area (Å²) in [5.41, 5.74) is 0.829. The van der Waals surface area contributed by atoms with Gasteiger partial charge in [0.25, 0.3) is 5.91 Å². The van der Waals surface area contributed by atoms with E-state index in [-0.39, 0.29) is 16.8 Å². The normalized spacial score (nSPS) is 9.96. The number of ether oxygens (including phenoxy) is 1. The van der Waals surface area contributed by atoms with Gasteiger partial charge in [0.05, 0.1) is 17.9 Å². The van der Waals surface area contributed by atoms with E-state index < -0.39 is 0 Å². The van der Waals surface area contributed by atoms with E-state index in [0.717, 1.165) is 6.42 Å². The average Bonchev–Trinajstić information content (AvgIpc) is 2.55. The number of anilines is 1. The SMILES string of the molecule is CCCOc1ccccc1C(=O)NC(=S)Nc1ccccc1O. The van der Waals surface area contributed by atoms with E-state index in [1.807, 2.05) is 6.92 Å². The van der Waals surface area contributed by atoms with Crippen molar-refractivity contribution < 1.29 is 14.6 Å². The topological polar surface area (TPSA) is 70.6 Å². The van der Waals surface area contributed by atoms with Gasteiger partial charge in [0.2, 0.25) is 0 Å². The van der Waals surface area contributed by atoms with E-state index in [1.165, 1.54) is 6.07 Å². The van der Waals surface area contributed by atoms with Gasteiger partial charge in [0, 0.05) is 0 Å². The van der Waals surface area contributed by atoms with Crippen molar-refractivity contribution in [1.29, 1.82) is 0 Å². The van der Waals surface area contributed by atoms with Crippen LogP contribution in [0.15, 0.2) is 48.5 Å². The van der Waals surface area contributed by atoms with Crippen LogP contribution in [0.1, 0.15) is 23.7 Å². The highest BCUT2D eigenvalue weighted by atomic mass is 32.1. The molecule has 0 saturated heterocycles. The summed E-state index contributed by atoms with van der Waals surface area (Å²) in [7, 11) is 0. The molecule has 0 spiro atoms. The van der Waals surface area contributed by atoms with E-state index in [4.69, 9.17) is 17.0 Å². The lowest BCUT2D eigenvalue weighted by Crippen LogP contribution is -2.34. The van der Waals surface area contributed by atoms with Crippen LogP contribution in [0.4, 0.5) is 5.69 Å². The minimum Gasteiger partial charge on any atom is -0.506 e. The number of nitrogens with one attached hydrogen (secondary N) is 2. The van der Waals surface area contributed by atoms with Crippen LogP contribution in [0.2, 0.25) is 0 Å². The highest BCUT2D eigenvalue weighted by Gasteiger charge is 2.14. The van der Waals surface area contributed by atoms with Crippen molar-refractivity contribution in [2.75, 3.05) is 11.9 Å². The van der Waals surface area contributed by atoms with Crippen molar-refractivity contribution in [3.8, 4) is 11.5 Å². The van der Waals surface area contributed by atoms with E-state index in [0.29, 0.717) is 23.6 Å². The smallest absolute Gasteiger partial charge is 0.261 e. The molecule has 1 amide bonds. The summed E-state index contributed by atoms with van der Waals surface area (Å²) in [4.78, 5) is 12.3. The number of rotatable bonds is 5. The predicted molar refractivity (Wildman–Crippen MR) is 94.0 cm³/mol. The highest BCUT2D eigenvalue weighted by Crippen LogP contribution is 2.21. The van der Waals surface area contributed by atoms with Crippen LogP contribution in [0.25, 0.3) is 0 Å². The van der Waals surface area contributed by atoms with Crippen LogP contribution in [0.5, 0.6) is 11.5 Å². The summed E-state index contributed by atoms with van der Waals surface area (Å²) >= 11 is 5.11. The second-order valence-corrected chi connectivity index (χ2v) is 5.18. The molecule has 2 aromatic carbocycles. The molecule has 0 bridgehead atoms. The minimum absolute atomic E-state index is 0.0516. The van der Waals surface area contributed by atoms with Gasteiger partial charge in [-0.3, -0.25) is 10.1 Å². The highest BCUT2D eigenvalue weighted by molar-refractivity contribution is 7.80. The van der Waals surface area contributed by atoms with E-state index >= 15 is 0 Å². The van der Waals surface area contributed by atoms with Crippen LogP contribution in [0.3, 0.4) is 0 Å². The first-order valence-corrected chi connectivity index (χ1v) is 7.64. The van der Waals surface area contributed by atoms with Gasteiger partial charge >= 0.3 is 0 Å². The number of para-hydroxylation sites is 3. The molecule has 2 aromatic rings. The van der Waals surface area contributed by atoms with Crippen LogP contribution < -0.4 is 15.4 Å². The Labute approximate surface area is 140 Å². The Balaban J connectivity index is 2.04. The number of carbonyl (C=O) groups is 1. The summed E-state index contributed by atoms with van der Waals surface area (Å²) in [6.45, 7) is 2.53. The molecule has 23 heavy (non-hydrogen) atoms. The number of carbonyl (C=O) groups excluding carboxylic acids is 1. The Hall–Kier alpha value is -2.60. The summed E-state index contributed by atoms with van der Waals surface area (Å²) in [6.07, 6.45) is 0.850. The Bertz CT molecular complexity index is 704. The van der Waals surface area contributed by atoms with Gasteiger partial charge in [-0.15, -0.1) is 0 Å². The van der Waals surface area contributed by atoms with Crippen molar-refractivity contribution in [1.82, 2.24) is 5.32 Å². The molecule has 0 fully saturated rings. The predicted octanol–water partition coefficient (Wildman–Crippen LogP) is 3.31. The Kier molecular flexibility index (Phi) is 5.94. The number of hydrogen-bond acceptors (Lipinski definition) is 4. The van der Waals surface area contributed by atoms with Gasteiger partial charge in [0.15, 0.2) is 5.11 Å². The molecule has 0 saturated carbocycles. The number of hydrogen-bond donors (Lipinski definition) is 3. The maximum absolute atomic E-state index is 12.3. The molecule has 0 radical (unpaired) electrons. The summed E-state index contributed by atoms with van der Waals surface area (Å²) < 4.78 is 5.56. The summed E-state index contributed by atoms with van der Waals surface area (Å²) in [5.74, 6) is 0.192. The second kappa shape index (κ2) is 8.14. The molecule has 3 N–H and O–H groups in total. The molecule has 6 heteroatoms. The van der Waals surface area contributed by atoms with Gasteiger partial charge in [-0.2, -0.15) is 0 Å². The van der Waals surface area contributed by atoms with Gasteiger partial charge in [0.1, 0.15) is 11.5 Å². The molecule has 120 valence electrons. The average molecular weight is 330 g/mol. The fourth-order valence-corrected chi connectivity index (χ4v) is 2.10. The minimum atomic E-state index is -0.371. The Morgan fingerprint density at radius 2 is 1.87 bits per heavy atom. The fourth-order valence-electron chi connectivity index (χ4n) is 1.90. The van der Waals surface area contributed by atoms with Crippen LogP contribution >= 0.6 is 12.2 Å². The summed E-state index contributed by atoms with van der Waals surface area (Å²) in [5, 5.41) is 15.2. The largest absolute Gasteiger partial charge is 0.506 e. The first kappa shape index (κ1) is 16.8. The third-order valence-corrected chi connectivity index (χ3v) is 3.18. The van der Waals surface area contributed by atoms with E-state index in [2.05, 4.69) is 10.6 Å². The number of phenols is 1. The lowest BCUT2D eigenvalue weighted by atomic mass is 10.2. The van der Waals surface area contributed by atoms with E-state index in [9.17, 15) is 9.90 Å². The molecule has 0 atom stereocenters. The van der Waals surface area contributed by atoms with Gasteiger partial charge in [-0.25, -0.2) is 0 Å². The molecule has 0 aromatic heterocycles. The van der Waals surface area contributed by atoms with Crippen molar-refractivity contribution >= 4 is 28.9 Å². The second-order valence-electron chi connectivity index (χ2n) is 4.77. The fraction of sp³-hybridized carbons (Fsp3) is 0.176. The quantitative estimate of drug-likeness (QED) is 0.579. The Morgan fingerprint density at radius 1 is 1.17 bits per heavy atom. The zero-order valence-corrected chi connectivity index (χ0v) is 13.5. The van der Waals surface area contributed by atoms with Gasteiger partial charge < -0.3 is 15.2 Å². The molecular weight excluding hydrogens is 312 g/mol. The third kappa shape index (κ3) is 4.69. The molecule has 0 unspecified atom stereocenters. The van der Waals surface area contributed by atoms with Crippen LogP contribution in [0, 0.1) is 0 Å². The number of thiocarbonyl (C=S) groups is 1. The third-order valence-electron chi connectivity index (χ3n) is 2.97. The van der Waals surface area contributed by atoms with Crippen molar-refractivity contribution in [2.24, 2.45) is 0 Å². The summed E-state index contributed by atoms with van der Waals surface area (Å²) in [6, 6.07) is 13.6. The monoisotopic (exact) mass is 330 g/mol. The number of benzene rings is 2. The maximum Gasteiger partial charge on any atom is 0.261 e. The van der Waals surface area contributed by atoms with Crippen molar-refractivity contribution in [2.45, 2.75) is 13.3 Å². The molecule has 0 aliphatic heterocycles. The molecule has 2 rings (SSSR count). The van der Waals surface area contributed by atoms with Gasteiger partial charge in [-0.1, -0.05) is 31.2 Å². The maximum atomic E-state index is 12.3. The lowest BCUT2D eigenvalue weighted by Gasteiger charge is -2.13. The lowest BCUT2D eigenvalue weighted by molar-refractivity contribution is 0.0973. The van der Waals surface area contributed by atoms with Crippen molar-refractivity contribution in [3.05, 3.63) is 54.1 Å². The number of aromatic hydroxyl groups is 1. The van der Waals surface area contributed by atoms with E-state index in [1.54, 1.807) is 42.5 Å². The molecule has 0 aliphatic carbocycles. The zero-order chi connectivity index (χ0) is 16.7. The Morgan fingerprint density at radius 3 is 2.61 bits per heavy atom. The van der Waals surface area contributed by atoms with Gasteiger partial charge in [-0.05, 0) is 42.9 Å². The molecule has 0 heterocycles. The molecule has 0 aliphatic rings. The zero-order valence-electron chi connectivity index (χ0n) is 12.7. The van der Waals surface area contributed by atoms with Crippen LogP contribution in [-0.2, 0) is 0 Å².